The highest BCUT2D eigenvalue weighted by Crippen LogP contribution is 2.32. The fraction of sp³-hybridized carbons (Fsp3) is 0.286. The SMILES string of the molecule is CCOc1ccc(-c2nn(CC)cc2C=O)cc1[N+](=O)[O-]. The van der Waals surface area contributed by atoms with Gasteiger partial charge in [-0.1, -0.05) is 0 Å². The van der Waals surface area contributed by atoms with E-state index >= 15 is 0 Å². The van der Waals surface area contributed by atoms with E-state index in [1.54, 1.807) is 23.9 Å². The van der Waals surface area contributed by atoms with Crippen molar-refractivity contribution in [3.05, 3.63) is 40.1 Å². The Hall–Kier alpha value is -2.70. The van der Waals surface area contributed by atoms with Crippen LogP contribution in [0.4, 0.5) is 5.69 Å². The molecule has 7 heteroatoms. The van der Waals surface area contributed by atoms with Crippen molar-refractivity contribution in [2.45, 2.75) is 20.4 Å². The number of rotatable bonds is 6. The van der Waals surface area contributed by atoms with Crippen molar-refractivity contribution in [1.82, 2.24) is 9.78 Å². The lowest BCUT2D eigenvalue weighted by molar-refractivity contribution is -0.385. The van der Waals surface area contributed by atoms with Crippen LogP contribution in [-0.2, 0) is 6.54 Å². The van der Waals surface area contributed by atoms with Gasteiger partial charge in [-0.2, -0.15) is 5.10 Å². The molecule has 0 saturated carbocycles. The summed E-state index contributed by atoms with van der Waals surface area (Å²) in [6.07, 6.45) is 2.31. The second-order valence-electron chi connectivity index (χ2n) is 4.28. The first-order chi connectivity index (χ1) is 10.1. The van der Waals surface area contributed by atoms with Gasteiger partial charge in [0.25, 0.3) is 0 Å². The highest BCUT2D eigenvalue weighted by molar-refractivity contribution is 5.86. The van der Waals surface area contributed by atoms with Crippen molar-refractivity contribution in [1.29, 1.82) is 0 Å². The van der Waals surface area contributed by atoms with E-state index in [1.165, 1.54) is 12.1 Å². The van der Waals surface area contributed by atoms with Crippen LogP contribution in [0.2, 0.25) is 0 Å². The molecule has 0 aliphatic heterocycles. The fourth-order valence-electron chi connectivity index (χ4n) is 1.99. The van der Waals surface area contributed by atoms with Crippen LogP contribution in [0.1, 0.15) is 24.2 Å². The lowest BCUT2D eigenvalue weighted by Crippen LogP contribution is -1.98. The van der Waals surface area contributed by atoms with Crippen molar-refractivity contribution in [3.8, 4) is 17.0 Å². The average Bonchev–Trinajstić information content (AvgIpc) is 2.91. The maximum Gasteiger partial charge on any atom is 0.311 e. The van der Waals surface area contributed by atoms with E-state index in [2.05, 4.69) is 5.10 Å². The van der Waals surface area contributed by atoms with Gasteiger partial charge in [-0.05, 0) is 26.0 Å². The van der Waals surface area contributed by atoms with E-state index in [4.69, 9.17) is 4.74 Å². The molecule has 0 aliphatic rings. The highest BCUT2D eigenvalue weighted by Gasteiger charge is 2.19. The third kappa shape index (κ3) is 2.91. The first kappa shape index (κ1) is 14.7. The van der Waals surface area contributed by atoms with Gasteiger partial charge in [0.1, 0.15) is 5.69 Å². The molecular weight excluding hydrogens is 274 g/mol. The first-order valence-corrected chi connectivity index (χ1v) is 6.54. The molecule has 7 nitrogen and oxygen atoms in total. The van der Waals surface area contributed by atoms with Gasteiger partial charge in [-0.15, -0.1) is 0 Å². The molecule has 1 aromatic carbocycles. The van der Waals surface area contributed by atoms with E-state index in [-0.39, 0.29) is 11.4 Å². The first-order valence-electron chi connectivity index (χ1n) is 6.54. The zero-order valence-electron chi connectivity index (χ0n) is 11.8. The third-order valence-corrected chi connectivity index (χ3v) is 2.97. The van der Waals surface area contributed by atoms with Gasteiger partial charge in [0.05, 0.1) is 17.1 Å². The summed E-state index contributed by atoms with van der Waals surface area (Å²) in [5.74, 6) is 0.203. The molecule has 1 heterocycles. The largest absolute Gasteiger partial charge is 0.487 e. The smallest absolute Gasteiger partial charge is 0.311 e. The molecule has 0 radical (unpaired) electrons. The Labute approximate surface area is 121 Å². The Kier molecular flexibility index (Phi) is 4.32. The highest BCUT2D eigenvalue weighted by atomic mass is 16.6. The summed E-state index contributed by atoms with van der Waals surface area (Å²) in [7, 11) is 0. The second kappa shape index (κ2) is 6.17. The molecule has 0 saturated heterocycles. The van der Waals surface area contributed by atoms with E-state index < -0.39 is 4.92 Å². The number of nitrogens with zero attached hydrogens (tertiary/aromatic N) is 3. The lowest BCUT2D eigenvalue weighted by Gasteiger charge is -2.05. The van der Waals surface area contributed by atoms with Crippen LogP contribution >= 0.6 is 0 Å². The van der Waals surface area contributed by atoms with Gasteiger partial charge in [0.2, 0.25) is 0 Å². The molecule has 2 aromatic rings. The van der Waals surface area contributed by atoms with Gasteiger partial charge in [0, 0.05) is 24.4 Å². The average molecular weight is 289 g/mol. The van der Waals surface area contributed by atoms with E-state index in [0.717, 1.165) is 0 Å². The normalized spacial score (nSPS) is 10.4. The van der Waals surface area contributed by atoms with Gasteiger partial charge in [-0.25, -0.2) is 0 Å². The zero-order chi connectivity index (χ0) is 15.4. The predicted octanol–water partition coefficient (Wildman–Crippen LogP) is 2.69. The fourth-order valence-corrected chi connectivity index (χ4v) is 1.99. The molecule has 0 fully saturated rings. The number of carbonyl (C=O) groups is 1. The molecule has 0 N–H and O–H groups in total. The minimum absolute atomic E-state index is 0.141. The summed E-state index contributed by atoms with van der Waals surface area (Å²) in [6.45, 7) is 4.60. The van der Waals surface area contributed by atoms with Crippen LogP contribution in [-0.4, -0.2) is 27.6 Å². The number of hydrogen-bond acceptors (Lipinski definition) is 5. The topological polar surface area (TPSA) is 87.3 Å². The summed E-state index contributed by atoms with van der Waals surface area (Å²) < 4.78 is 6.85. The summed E-state index contributed by atoms with van der Waals surface area (Å²) in [5, 5.41) is 15.4. The van der Waals surface area contributed by atoms with Crippen LogP contribution in [0.5, 0.6) is 5.75 Å². The Morgan fingerprint density at radius 1 is 1.43 bits per heavy atom. The molecule has 0 atom stereocenters. The summed E-state index contributed by atoms with van der Waals surface area (Å²) in [4.78, 5) is 21.7. The second-order valence-corrected chi connectivity index (χ2v) is 4.28. The Morgan fingerprint density at radius 3 is 2.76 bits per heavy atom. The van der Waals surface area contributed by atoms with Crippen LogP contribution in [0.3, 0.4) is 0 Å². The maximum atomic E-state index is 11.1. The van der Waals surface area contributed by atoms with Crippen molar-refractivity contribution in [2.24, 2.45) is 0 Å². The van der Waals surface area contributed by atoms with E-state index in [9.17, 15) is 14.9 Å². The summed E-state index contributed by atoms with van der Waals surface area (Å²) >= 11 is 0. The summed E-state index contributed by atoms with van der Waals surface area (Å²) in [6, 6.07) is 4.56. The Balaban J connectivity index is 2.54. The Morgan fingerprint density at radius 2 is 2.19 bits per heavy atom. The van der Waals surface area contributed by atoms with Gasteiger partial charge < -0.3 is 4.74 Å². The van der Waals surface area contributed by atoms with Gasteiger partial charge in [0.15, 0.2) is 12.0 Å². The standard InChI is InChI=1S/C14H15N3O4/c1-3-16-8-11(9-18)14(15-16)10-5-6-13(21-4-2)12(7-10)17(19)20/h5-9H,3-4H2,1-2H3. The molecular formula is C14H15N3O4. The maximum absolute atomic E-state index is 11.1. The number of benzene rings is 1. The zero-order valence-corrected chi connectivity index (χ0v) is 11.8. The van der Waals surface area contributed by atoms with Crippen LogP contribution in [0.15, 0.2) is 24.4 Å². The molecule has 21 heavy (non-hydrogen) atoms. The molecule has 110 valence electrons. The number of aldehydes is 1. The van der Waals surface area contributed by atoms with Crippen LogP contribution < -0.4 is 4.74 Å². The van der Waals surface area contributed by atoms with Crippen molar-refractivity contribution >= 4 is 12.0 Å². The number of aromatic nitrogens is 2. The third-order valence-electron chi connectivity index (χ3n) is 2.97. The van der Waals surface area contributed by atoms with Crippen molar-refractivity contribution in [2.75, 3.05) is 6.61 Å². The molecule has 0 amide bonds. The predicted molar refractivity (Wildman–Crippen MR) is 76.5 cm³/mol. The van der Waals surface area contributed by atoms with Crippen molar-refractivity contribution in [3.63, 3.8) is 0 Å². The van der Waals surface area contributed by atoms with Crippen LogP contribution in [0.25, 0.3) is 11.3 Å². The van der Waals surface area contributed by atoms with E-state index in [0.29, 0.717) is 36.3 Å². The number of nitro groups is 1. The van der Waals surface area contributed by atoms with E-state index in [1.807, 2.05) is 6.92 Å². The molecule has 0 bridgehead atoms. The van der Waals surface area contributed by atoms with Crippen LogP contribution in [0, 0.1) is 10.1 Å². The van der Waals surface area contributed by atoms with Gasteiger partial charge >= 0.3 is 5.69 Å². The number of aryl methyl sites for hydroxylation is 1. The minimum Gasteiger partial charge on any atom is -0.487 e. The number of carbonyl (C=O) groups excluding carboxylic acids is 1. The molecule has 0 spiro atoms. The quantitative estimate of drug-likeness (QED) is 0.463. The minimum atomic E-state index is -0.508. The Bertz CT molecular complexity index is 679. The molecule has 0 aliphatic carbocycles. The molecule has 2 rings (SSSR count). The number of ether oxygens (including phenoxy) is 1. The molecule has 0 unspecified atom stereocenters. The monoisotopic (exact) mass is 289 g/mol. The van der Waals surface area contributed by atoms with Gasteiger partial charge in [-0.3, -0.25) is 19.6 Å². The lowest BCUT2D eigenvalue weighted by atomic mass is 10.1. The number of hydrogen-bond donors (Lipinski definition) is 0. The summed E-state index contributed by atoms with van der Waals surface area (Å²) in [5.41, 5.74) is 1.20. The van der Waals surface area contributed by atoms with Crippen molar-refractivity contribution < 1.29 is 14.5 Å². The molecule has 1 aromatic heterocycles. The number of nitro benzene ring substituents is 1.